The molecule has 1 aliphatic rings. The lowest BCUT2D eigenvalue weighted by molar-refractivity contribution is -0.0647. The van der Waals surface area contributed by atoms with E-state index in [4.69, 9.17) is 4.74 Å². The van der Waals surface area contributed by atoms with Crippen LogP contribution in [0, 0.1) is 11.3 Å². The molecule has 0 heterocycles. The van der Waals surface area contributed by atoms with Crippen molar-refractivity contribution in [1.82, 2.24) is 0 Å². The zero-order valence-corrected chi connectivity index (χ0v) is 11.9. The van der Waals surface area contributed by atoms with E-state index in [1.54, 1.807) is 7.11 Å². The highest BCUT2D eigenvalue weighted by atomic mass is 16.5. The van der Waals surface area contributed by atoms with Gasteiger partial charge in [-0.3, -0.25) is 0 Å². The molecule has 0 radical (unpaired) electrons. The van der Waals surface area contributed by atoms with Gasteiger partial charge in [0.1, 0.15) is 5.75 Å². The maximum Gasteiger partial charge on any atom is 0.124 e. The molecule has 2 unspecified atom stereocenters. The lowest BCUT2D eigenvalue weighted by Gasteiger charge is -2.45. The van der Waals surface area contributed by atoms with Gasteiger partial charge in [-0.05, 0) is 36.7 Å². The minimum Gasteiger partial charge on any atom is -0.496 e. The van der Waals surface area contributed by atoms with Crippen molar-refractivity contribution in [2.45, 2.75) is 45.6 Å². The van der Waals surface area contributed by atoms with Crippen LogP contribution in [0.2, 0.25) is 0 Å². The van der Waals surface area contributed by atoms with Crippen LogP contribution in [-0.2, 0) is 5.60 Å². The number of ether oxygens (including phenoxy) is 1. The highest BCUT2D eigenvalue weighted by molar-refractivity contribution is 5.38. The molecule has 2 rings (SSSR count). The molecule has 0 saturated heterocycles. The SMILES string of the molecule is COc1ccccc1C1(O)CC(C)CC(C)(C)C1. The Morgan fingerprint density at radius 3 is 2.50 bits per heavy atom. The molecule has 2 heteroatoms. The van der Waals surface area contributed by atoms with Crippen molar-refractivity contribution in [3.8, 4) is 5.75 Å². The van der Waals surface area contributed by atoms with E-state index in [9.17, 15) is 5.11 Å². The molecule has 100 valence electrons. The first-order valence-electron chi connectivity index (χ1n) is 6.72. The van der Waals surface area contributed by atoms with E-state index in [1.165, 1.54) is 6.42 Å². The van der Waals surface area contributed by atoms with Gasteiger partial charge in [-0.15, -0.1) is 0 Å². The summed E-state index contributed by atoms with van der Waals surface area (Å²) in [6.45, 7) is 6.70. The van der Waals surface area contributed by atoms with E-state index in [0.29, 0.717) is 5.92 Å². The number of rotatable bonds is 2. The van der Waals surface area contributed by atoms with Crippen LogP contribution in [0.1, 0.15) is 45.6 Å². The molecule has 0 bridgehead atoms. The summed E-state index contributed by atoms with van der Waals surface area (Å²) in [4.78, 5) is 0. The van der Waals surface area contributed by atoms with E-state index in [1.807, 2.05) is 24.3 Å². The summed E-state index contributed by atoms with van der Waals surface area (Å²) in [6, 6.07) is 7.84. The normalized spacial score (nSPS) is 31.1. The molecule has 1 N–H and O–H groups in total. The molecule has 1 aromatic rings. The van der Waals surface area contributed by atoms with E-state index >= 15 is 0 Å². The monoisotopic (exact) mass is 248 g/mol. The van der Waals surface area contributed by atoms with Gasteiger partial charge in [-0.25, -0.2) is 0 Å². The van der Waals surface area contributed by atoms with Crippen molar-refractivity contribution >= 4 is 0 Å². The molecular formula is C16H24O2. The number of hydrogen-bond acceptors (Lipinski definition) is 2. The maximum atomic E-state index is 11.1. The fourth-order valence-corrected chi connectivity index (χ4v) is 3.76. The third-order valence-corrected chi connectivity index (χ3v) is 3.97. The highest BCUT2D eigenvalue weighted by Crippen LogP contribution is 2.50. The Hall–Kier alpha value is -1.02. The Kier molecular flexibility index (Phi) is 3.41. The van der Waals surface area contributed by atoms with Crippen LogP contribution in [0.3, 0.4) is 0 Å². The van der Waals surface area contributed by atoms with Gasteiger partial charge in [0.05, 0.1) is 12.7 Å². The Balaban J connectivity index is 2.41. The van der Waals surface area contributed by atoms with Crippen LogP contribution in [0.25, 0.3) is 0 Å². The predicted octanol–water partition coefficient (Wildman–Crippen LogP) is 3.73. The van der Waals surface area contributed by atoms with Crippen LogP contribution in [-0.4, -0.2) is 12.2 Å². The molecule has 0 amide bonds. The number of para-hydroxylation sites is 1. The van der Waals surface area contributed by atoms with Gasteiger partial charge in [0.25, 0.3) is 0 Å². The molecular weight excluding hydrogens is 224 g/mol. The van der Waals surface area contributed by atoms with Crippen LogP contribution < -0.4 is 4.74 Å². The van der Waals surface area contributed by atoms with Gasteiger partial charge in [0.15, 0.2) is 0 Å². The summed E-state index contributed by atoms with van der Waals surface area (Å²) in [7, 11) is 1.67. The molecule has 0 aromatic heterocycles. The van der Waals surface area contributed by atoms with Gasteiger partial charge < -0.3 is 9.84 Å². The zero-order valence-electron chi connectivity index (χ0n) is 11.9. The second kappa shape index (κ2) is 4.58. The summed E-state index contributed by atoms with van der Waals surface area (Å²) in [5, 5.41) is 11.1. The standard InChI is InChI=1S/C16H24O2/c1-12-9-15(2,3)11-16(17,10-12)13-7-5-6-8-14(13)18-4/h5-8,12,17H,9-11H2,1-4H3. The molecule has 2 nitrogen and oxygen atoms in total. The van der Waals surface area contributed by atoms with Gasteiger partial charge in [0, 0.05) is 5.56 Å². The van der Waals surface area contributed by atoms with Crippen molar-refractivity contribution in [3.05, 3.63) is 29.8 Å². The van der Waals surface area contributed by atoms with Crippen molar-refractivity contribution in [3.63, 3.8) is 0 Å². The molecule has 18 heavy (non-hydrogen) atoms. The molecule has 1 aromatic carbocycles. The second-order valence-corrected chi connectivity index (χ2v) is 6.59. The summed E-state index contributed by atoms with van der Waals surface area (Å²) in [6.07, 6.45) is 2.78. The van der Waals surface area contributed by atoms with E-state index in [0.717, 1.165) is 24.2 Å². The van der Waals surface area contributed by atoms with Gasteiger partial charge in [0.2, 0.25) is 0 Å². The van der Waals surface area contributed by atoms with Crippen LogP contribution >= 0.6 is 0 Å². The first kappa shape index (κ1) is 13.4. The summed E-state index contributed by atoms with van der Waals surface area (Å²) >= 11 is 0. The third kappa shape index (κ3) is 2.54. The molecule has 0 spiro atoms. The average Bonchev–Trinajstić information content (AvgIpc) is 2.25. The number of aliphatic hydroxyl groups is 1. The van der Waals surface area contributed by atoms with Crippen LogP contribution in [0.15, 0.2) is 24.3 Å². The van der Waals surface area contributed by atoms with Gasteiger partial charge >= 0.3 is 0 Å². The number of hydrogen-bond donors (Lipinski definition) is 1. The van der Waals surface area contributed by atoms with Crippen molar-refractivity contribution in [1.29, 1.82) is 0 Å². The zero-order chi connectivity index (χ0) is 13.4. The largest absolute Gasteiger partial charge is 0.496 e. The smallest absolute Gasteiger partial charge is 0.124 e. The first-order valence-corrected chi connectivity index (χ1v) is 6.72. The number of benzene rings is 1. The quantitative estimate of drug-likeness (QED) is 0.864. The Bertz CT molecular complexity index is 425. The topological polar surface area (TPSA) is 29.5 Å². The van der Waals surface area contributed by atoms with Crippen molar-refractivity contribution in [2.24, 2.45) is 11.3 Å². The first-order chi connectivity index (χ1) is 8.36. The minimum atomic E-state index is -0.756. The summed E-state index contributed by atoms with van der Waals surface area (Å²) in [5.41, 5.74) is 0.355. The Morgan fingerprint density at radius 2 is 1.89 bits per heavy atom. The third-order valence-electron chi connectivity index (χ3n) is 3.97. The summed E-state index contributed by atoms with van der Waals surface area (Å²) < 4.78 is 5.41. The van der Waals surface area contributed by atoms with Crippen molar-refractivity contribution < 1.29 is 9.84 Å². The Labute approximate surface area is 110 Å². The van der Waals surface area contributed by atoms with Crippen LogP contribution in [0.5, 0.6) is 5.75 Å². The molecule has 1 fully saturated rings. The van der Waals surface area contributed by atoms with Gasteiger partial charge in [-0.2, -0.15) is 0 Å². The van der Waals surface area contributed by atoms with E-state index < -0.39 is 5.60 Å². The molecule has 2 atom stereocenters. The highest BCUT2D eigenvalue weighted by Gasteiger charge is 2.43. The average molecular weight is 248 g/mol. The summed E-state index contributed by atoms with van der Waals surface area (Å²) in [5.74, 6) is 1.33. The minimum absolute atomic E-state index is 0.174. The van der Waals surface area contributed by atoms with E-state index in [-0.39, 0.29) is 5.41 Å². The second-order valence-electron chi connectivity index (χ2n) is 6.59. The lowest BCUT2D eigenvalue weighted by Crippen LogP contribution is -2.40. The fourth-order valence-electron chi connectivity index (χ4n) is 3.76. The molecule has 1 saturated carbocycles. The van der Waals surface area contributed by atoms with Crippen molar-refractivity contribution in [2.75, 3.05) is 7.11 Å². The Morgan fingerprint density at radius 1 is 1.22 bits per heavy atom. The van der Waals surface area contributed by atoms with Gasteiger partial charge in [-0.1, -0.05) is 39.0 Å². The van der Waals surface area contributed by atoms with Crippen LogP contribution in [0.4, 0.5) is 0 Å². The molecule has 1 aliphatic carbocycles. The molecule has 0 aliphatic heterocycles. The maximum absolute atomic E-state index is 11.1. The number of methoxy groups -OCH3 is 1. The predicted molar refractivity (Wildman–Crippen MR) is 73.7 cm³/mol. The van der Waals surface area contributed by atoms with E-state index in [2.05, 4.69) is 20.8 Å². The fraction of sp³-hybridized carbons (Fsp3) is 0.625. The lowest BCUT2D eigenvalue weighted by atomic mass is 9.64.